The number of aromatic nitrogens is 4. The van der Waals surface area contributed by atoms with Gasteiger partial charge in [-0.05, 0) is 39.8 Å². The zero-order chi connectivity index (χ0) is 27.2. The number of aliphatic hydroxyl groups excluding tert-OH is 3. The molecule has 0 radical (unpaired) electrons. The van der Waals surface area contributed by atoms with Crippen molar-refractivity contribution in [3.05, 3.63) is 52.8 Å². The van der Waals surface area contributed by atoms with Crippen molar-refractivity contribution < 1.29 is 42.9 Å². The second-order valence-corrected chi connectivity index (χ2v) is 10.7. The summed E-state index contributed by atoms with van der Waals surface area (Å²) < 4.78 is 53.0. The molecule has 10 nitrogen and oxygen atoms in total. The maximum absolute atomic E-state index is 13.7. The van der Waals surface area contributed by atoms with E-state index in [0.29, 0.717) is 17.0 Å². The lowest BCUT2D eigenvalue weighted by atomic mass is 9.96. The monoisotopic (exact) mass is 544 g/mol. The van der Waals surface area contributed by atoms with Crippen LogP contribution in [-0.4, -0.2) is 76.5 Å². The van der Waals surface area contributed by atoms with Crippen LogP contribution < -0.4 is 0 Å². The molecule has 4 rings (SSSR count). The predicted octanol–water partition coefficient (Wildman–Crippen LogP) is 2.19. The third-order valence-electron chi connectivity index (χ3n) is 6.21. The smallest absolute Gasteiger partial charge is 0.194 e. The number of aliphatic hydroxyl groups is 4. The Bertz CT molecular complexity index is 1220. The molecule has 14 heteroatoms. The van der Waals surface area contributed by atoms with Gasteiger partial charge in [-0.3, -0.25) is 0 Å². The molecule has 0 spiro atoms. The van der Waals surface area contributed by atoms with Crippen molar-refractivity contribution in [2.24, 2.45) is 0 Å². The Hall–Kier alpha value is -2.49. The van der Waals surface area contributed by atoms with Crippen molar-refractivity contribution in [2.75, 3.05) is 6.61 Å². The fraction of sp³-hybridized carbons (Fsp3) is 0.522. The third kappa shape index (κ3) is 5.26. The molecule has 1 aromatic carbocycles. The highest BCUT2D eigenvalue weighted by Crippen LogP contribution is 2.47. The molecule has 3 aromatic rings. The van der Waals surface area contributed by atoms with Crippen LogP contribution in [0.25, 0.3) is 11.3 Å². The van der Waals surface area contributed by atoms with Gasteiger partial charge in [-0.15, -0.1) is 16.9 Å². The van der Waals surface area contributed by atoms with Gasteiger partial charge in [-0.1, -0.05) is 10.4 Å². The summed E-state index contributed by atoms with van der Waals surface area (Å²) in [6.07, 6.45) is -2.81. The third-order valence-corrected chi connectivity index (χ3v) is 7.95. The van der Waals surface area contributed by atoms with Gasteiger partial charge >= 0.3 is 0 Å². The molecule has 1 aliphatic heterocycles. The van der Waals surface area contributed by atoms with Gasteiger partial charge in [0.1, 0.15) is 41.2 Å². The normalized spacial score (nSPS) is 25.4. The zero-order valence-corrected chi connectivity index (χ0v) is 21.2. The average molecular weight is 545 g/mol. The van der Waals surface area contributed by atoms with Crippen molar-refractivity contribution in [3.63, 3.8) is 0 Å². The summed E-state index contributed by atoms with van der Waals surface area (Å²) in [4.78, 5) is 0. The van der Waals surface area contributed by atoms with Crippen molar-refractivity contribution in [3.8, 4) is 11.3 Å². The molecule has 1 saturated heterocycles. The minimum Gasteiger partial charge on any atom is -0.394 e. The van der Waals surface area contributed by atoms with E-state index in [9.17, 15) is 33.6 Å². The number of rotatable bonds is 7. The Morgan fingerprint density at radius 3 is 2.32 bits per heavy atom. The first-order chi connectivity index (χ1) is 17.3. The summed E-state index contributed by atoms with van der Waals surface area (Å²) in [5.74, 6) is -3.98. The number of aryl methyl sites for hydroxylation is 2. The Balaban J connectivity index is 1.67. The molecule has 3 heterocycles. The molecule has 2 aromatic heterocycles. The van der Waals surface area contributed by atoms with E-state index in [0.717, 1.165) is 28.6 Å². The lowest BCUT2D eigenvalue weighted by Crippen LogP contribution is -2.55. The second kappa shape index (κ2) is 10.3. The van der Waals surface area contributed by atoms with Crippen LogP contribution in [0.4, 0.5) is 13.2 Å². The molecule has 0 saturated carbocycles. The standard InChI is InChI=1S/C23H27F3N4O6S/c1-9-16(10(2)36-28-9)21(23(3,4)34)37-22-20(33)18(19(32)15(8-31)35-22)30-7-14(27-29-30)11-5-12(24)17(26)13(25)6-11/h5-7,15,18-22,31-34H,8H2,1-4H3/t15-,18+,19+,20-,21?,22+/m1/s1. The highest BCUT2D eigenvalue weighted by Gasteiger charge is 2.48. The van der Waals surface area contributed by atoms with Crippen molar-refractivity contribution in [1.29, 1.82) is 0 Å². The summed E-state index contributed by atoms with van der Waals surface area (Å²) in [6.45, 7) is 5.95. The van der Waals surface area contributed by atoms with E-state index in [1.54, 1.807) is 27.7 Å². The van der Waals surface area contributed by atoms with Crippen LogP contribution in [0.15, 0.2) is 22.9 Å². The van der Waals surface area contributed by atoms with Crippen LogP contribution in [0.2, 0.25) is 0 Å². The van der Waals surface area contributed by atoms with E-state index >= 15 is 0 Å². The van der Waals surface area contributed by atoms with E-state index in [4.69, 9.17) is 9.26 Å². The summed E-state index contributed by atoms with van der Waals surface area (Å²) in [5.41, 5.74) is -1.41. The Labute approximate surface area is 214 Å². The Kier molecular flexibility index (Phi) is 7.70. The molecule has 0 aliphatic carbocycles. The Morgan fingerprint density at radius 1 is 1.14 bits per heavy atom. The number of halogens is 3. The summed E-state index contributed by atoms with van der Waals surface area (Å²) in [5, 5.41) is 53.9. The summed E-state index contributed by atoms with van der Waals surface area (Å²) in [7, 11) is 0. The summed E-state index contributed by atoms with van der Waals surface area (Å²) >= 11 is 1.05. The topological polar surface area (TPSA) is 147 Å². The van der Waals surface area contributed by atoms with Crippen LogP contribution in [-0.2, 0) is 4.74 Å². The van der Waals surface area contributed by atoms with Gasteiger partial charge in [-0.25, -0.2) is 17.9 Å². The number of hydrogen-bond donors (Lipinski definition) is 4. The van der Waals surface area contributed by atoms with Crippen molar-refractivity contribution in [2.45, 2.75) is 68.3 Å². The number of benzene rings is 1. The van der Waals surface area contributed by atoms with Gasteiger partial charge in [0.15, 0.2) is 17.5 Å². The number of nitrogens with zero attached hydrogens (tertiary/aromatic N) is 4. The SMILES string of the molecule is Cc1noc(C)c1C(S[C@@H]1O[C@H](CO)[C@H](O)[C@H](n2cc(-c3cc(F)c(F)c(F)c3)nn2)[C@H]1O)C(C)(C)O. The van der Waals surface area contributed by atoms with Gasteiger partial charge in [0.2, 0.25) is 0 Å². The molecule has 1 unspecified atom stereocenters. The lowest BCUT2D eigenvalue weighted by Gasteiger charge is -2.43. The van der Waals surface area contributed by atoms with Gasteiger partial charge in [-0.2, -0.15) is 0 Å². The number of thioether (sulfide) groups is 1. The average Bonchev–Trinajstić information content (AvgIpc) is 3.43. The fourth-order valence-corrected chi connectivity index (χ4v) is 5.94. The maximum atomic E-state index is 13.7. The predicted molar refractivity (Wildman–Crippen MR) is 125 cm³/mol. The highest BCUT2D eigenvalue weighted by molar-refractivity contribution is 8.00. The van der Waals surface area contributed by atoms with Gasteiger partial charge in [0, 0.05) is 11.1 Å². The molecule has 202 valence electrons. The van der Waals surface area contributed by atoms with Crippen molar-refractivity contribution >= 4 is 11.8 Å². The molecule has 0 amide bonds. The van der Waals surface area contributed by atoms with Crippen molar-refractivity contribution in [1.82, 2.24) is 20.2 Å². The van der Waals surface area contributed by atoms with Gasteiger partial charge in [0.05, 0.1) is 29.3 Å². The number of ether oxygens (including phenoxy) is 1. The minimum atomic E-state index is -1.63. The van der Waals surface area contributed by atoms with Crippen LogP contribution in [0, 0.1) is 31.3 Å². The largest absolute Gasteiger partial charge is 0.394 e. The first-order valence-electron chi connectivity index (χ1n) is 11.3. The molecule has 6 atom stereocenters. The first-order valence-corrected chi connectivity index (χ1v) is 12.3. The molecule has 4 N–H and O–H groups in total. The van der Waals surface area contributed by atoms with E-state index < -0.39 is 64.7 Å². The molecule has 37 heavy (non-hydrogen) atoms. The van der Waals surface area contributed by atoms with Crippen LogP contribution in [0.3, 0.4) is 0 Å². The molecular formula is C23H27F3N4O6S. The molecule has 1 aliphatic rings. The van der Waals surface area contributed by atoms with Gasteiger partial charge in [0.25, 0.3) is 0 Å². The quantitative estimate of drug-likeness (QED) is 0.327. The van der Waals surface area contributed by atoms with E-state index in [-0.39, 0.29) is 11.3 Å². The first kappa shape index (κ1) is 27.5. The maximum Gasteiger partial charge on any atom is 0.194 e. The van der Waals surface area contributed by atoms with Crippen LogP contribution >= 0.6 is 11.8 Å². The fourth-order valence-electron chi connectivity index (χ4n) is 4.34. The van der Waals surface area contributed by atoms with E-state index in [1.165, 1.54) is 6.20 Å². The van der Waals surface area contributed by atoms with Crippen LogP contribution in [0.1, 0.15) is 42.2 Å². The van der Waals surface area contributed by atoms with Crippen LogP contribution in [0.5, 0.6) is 0 Å². The van der Waals surface area contributed by atoms with E-state index in [1.807, 2.05) is 0 Å². The second-order valence-electron chi connectivity index (χ2n) is 9.44. The Morgan fingerprint density at radius 2 is 1.78 bits per heavy atom. The number of hydrogen-bond acceptors (Lipinski definition) is 10. The molecular weight excluding hydrogens is 517 g/mol. The van der Waals surface area contributed by atoms with E-state index in [2.05, 4.69) is 15.5 Å². The highest BCUT2D eigenvalue weighted by atomic mass is 32.2. The minimum absolute atomic E-state index is 0.0430. The summed E-state index contributed by atoms with van der Waals surface area (Å²) in [6, 6.07) is 0.291. The molecule has 0 bridgehead atoms. The van der Waals surface area contributed by atoms with Gasteiger partial charge < -0.3 is 29.7 Å². The zero-order valence-electron chi connectivity index (χ0n) is 20.3. The molecule has 1 fully saturated rings. The lowest BCUT2D eigenvalue weighted by molar-refractivity contribution is -0.179.